The molecule has 0 amide bonds. The normalized spacial score (nSPS) is 11.9. The summed E-state index contributed by atoms with van der Waals surface area (Å²) in [4.78, 5) is 2.79. The fraction of sp³-hybridized carbons (Fsp3) is 0.500. The average molecular weight is 282 g/mol. The van der Waals surface area contributed by atoms with Crippen LogP contribution in [0.15, 0.2) is 5.03 Å². The molecule has 1 aromatic heterocycles. The monoisotopic (exact) mass is 282 g/mol. The number of nitrogens with one attached hydrogen (secondary N) is 1. The Morgan fingerprint density at radius 1 is 1.22 bits per heavy atom. The third-order valence-electron chi connectivity index (χ3n) is 2.05. The van der Waals surface area contributed by atoms with Crippen LogP contribution in [0.1, 0.15) is 13.8 Å². The van der Waals surface area contributed by atoms with Gasteiger partial charge in [-0.05, 0) is 5.92 Å². The van der Waals surface area contributed by atoms with Crippen LogP contribution in [0, 0.1) is 23.5 Å². The number of sulfone groups is 1. The summed E-state index contributed by atoms with van der Waals surface area (Å²) in [6.07, 6.45) is 0.669. The molecule has 0 saturated heterocycles. The molecule has 18 heavy (non-hydrogen) atoms. The largest absolute Gasteiger partial charge is 0.380 e. The predicted octanol–water partition coefficient (Wildman–Crippen LogP) is 1.97. The van der Waals surface area contributed by atoms with Gasteiger partial charge in [0, 0.05) is 12.8 Å². The van der Waals surface area contributed by atoms with Crippen LogP contribution in [0.25, 0.3) is 0 Å². The van der Waals surface area contributed by atoms with Gasteiger partial charge < -0.3 is 5.32 Å². The zero-order valence-corrected chi connectivity index (χ0v) is 10.9. The quantitative estimate of drug-likeness (QED) is 0.858. The summed E-state index contributed by atoms with van der Waals surface area (Å²) in [7, 11) is -4.07. The fourth-order valence-corrected chi connectivity index (χ4v) is 1.87. The molecular formula is C10H13F3N2O2S. The fourth-order valence-electron chi connectivity index (χ4n) is 1.20. The van der Waals surface area contributed by atoms with Crippen LogP contribution in [0.3, 0.4) is 0 Å². The van der Waals surface area contributed by atoms with Crippen molar-refractivity contribution in [2.75, 3.05) is 18.1 Å². The predicted molar refractivity (Wildman–Crippen MR) is 60.5 cm³/mol. The second-order valence-corrected chi connectivity index (χ2v) is 6.19. The lowest BCUT2D eigenvalue weighted by atomic mass is 10.2. The van der Waals surface area contributed by atoms with Gasteiger partial charge in [0.05, 0.1) is 0 Å². The minimum absolute atomic E-state index is 0.0433. The zero-order valence-electron chi connectivity index (χ0n) is 10.1. The number of hydrogen-bond acceptors (Lipinski definition) is 4. The highest BCUT2D eigenvalue weighted by atomic mass is 32.2. The van der Waals surface area contributed by atoms with Gasteiger partial charge in [-0.15, -0.1) is 0 Å². The third-order valence-corrected chi connectivity index (χ3v) is 3.02. The van der Waals surface area contributed by atoms with E-state index in [-0.39, 0.29) is 12.5 Å². The van der Waals surface area contributed by atoms with Crippen molar-refractivity contribution in [3.8, 4) is 0 Å². The molecule has 0 aliphatic rings. The lowest BCUT2D eigenvalue weighted by Crippen LogP contribution is -2.16. The van der Waals surface area contributed by atoms with E-state index in [4.69, 9.17) is 0 Å². The van der Waals surface area contributed by atoms with Crippen LogP contribution >= 0.6 is 0 Å². The van der Waals surface area contributed by atoms with E-state index in [2.05, 4.69) is 10.3 Å². The van der Waals surface area contributed by atoms with Gasteiger partial charge in [-0.2, -0.15) is 8.78 Å². The molecule has 1 rings (SSSR count). The molecule has 0 radical (unpaired) electrons. The highest BCUT2D eigenvalue weighted by Gasteiger charge is 2.25. The molecule has 0 bridgehead atoms. The van der Waals surface area contributed by atoms with E-state index in [0.29, 0.717) is 6.26 Å². The topological polar surface area (TPSA) is 59.1 Å². The second-order valence-electron chi connectivity index (χ2n) is 4.26. The Hall–Kier alpha value is -1.31. The van der Waals surface area contributed by atoms with Crippen LogP contribution < -0.4 is 5.32 Å². The molecule has 0 unspecified atom stereocenters. The van der Waals surface area contributed by atoms with Crippen molar-refractivity contribution >= 4 is 15.5 Å². The highest BCUT2D eigenvalue weighted by molar-refractivity contribution is 7.90. The van der Waals surface area contributed by atoms with Gasteiger partial charge in [0.1, 0.15) is 5.69 Å². The SMILES string of the molecule is CC(C)CNc1c(F)c(F)nc(S(C)(=O)=O)c1F. The molecule has 0 aromatic carbocycles. The lowest BCUT2D eigenvalue weighted by molar-refractivity contribution is 0.446. The molecular weight excluding hydrogens is 269 g/mol. The molecule has 4 nitrogen and oxygen atoms in total. The van der Waals surface area contributed by atoms with Crippen LogP contribution in [-0.4, -0.2) is 26.2 Å². The van der Waals surface area contributed by atoms with E-state index in [9.17, 15) is 21.6 Å². The Bertz CT molecular complexity index is 559. The van der Waals surface area contributed by atoms with E-state index in [1.807, 2.05) is 0 Å². The number of hydrogen-bond donors (Lipinski definition) is 1. The van der Waals surface area contributed by atoms with Crippen molar-refractivity contribution < 1.29 is 21.6 Å². The van der Waals surface area contributed by atoms with Gasteiger partial charge >= 0.3 is 0 Å². The first-order chi connectivity index (χ1) is 8.14. The third kappa shape index (κ3) is 3.12. The van der Waals surface area contributed by atoms with Crippen molar-refractivity contribution in [2.24, 2.45) is 5.92 Å². The first-order valence-electron chi connectivity index (χ1n) is 5.13. The minimum Gasteiger partial charge on any atom is -0.380 e. The van der Waals surface area contributed by atoms with Crippen molar-refractivity contribution in [1.29, 1.82) is 0 Å². The summed E-state index contributed by atoms with van der Waals surface area (Å²) in [5.41, 5.74) is -0.809. The number of aromatic nitrogens is 1. The first kappa shape index (κ1) is 14.7. The summed E-state index contributed by atoms with van der Waals surface area (Å²) >= 11 is 0. The van der Waals surface area contributed by atoms with E-state index in [1.54, 1.807) is 13.8 Å². The summed E-state index contributed by atoms with van der Waals surface area (Å²) in [5.74, 6) is -4.54. The minimum atomic E-state index is -4.07. The molecule has 1 N–H and O–H groups in total. The maximum absolute atomic E-state index is 13.7. The summed E-state index contributed by atoms with van der Waals surface area (Å²) in [6, 6.07) is 0. The number of rotatable bonds is 4. The first-order valence-corrected chi connectivity index (χ1v) is 7.02. The lowest BCUT2D eigenvalue weighted by Gasteiger charge is -2.12. The van der Waals surface area contributed by atoms with Gasteiger partial charge in [-0.3, -0.25) is 0 Å². The van der Waals surface area contributed by atoms with E-state index >= 15 is 0 Å². The van der Waals surface area contributed by atoms with Gasteiger partial charge in [-0.1, -0.05) is 13.8 Å². The Morgan fingerprint density at radius 3 is 2.22 bits per heavy atom. The highest BCUT2D eigenvalue weighted by Crippen LogP contribution is 2.25. The molecule has 0 aliphatic carbocycles. The number of pyridine rings is 1. The molecule has 102 valence electrons. The maximum Gasteiger partial charge on any atom is 0.252 e. The van der Waals surface area contributed by atoms with E-state index in [0.717, 1.165) is 0 Å². The molecule has 0 spiro atoms. The van der Waals surface area contributed by atoms with Crippen LogP contribution in [0.2, 0.25) is 0 Å². The molecule has 1 heterocycles. The van der Waals surface area contributed by atoms with Crippen molar-refractivity contribution in [1.82, 2.24) is 4.98 Å². The molecule has 0 fully saturated rings. The van der Waals surface area contributed by atoms with E-state index < -0.39 is 38.1 Å². The van der Waals surface area contributed by atoms with Crippen LogP contribution in [0.4, 0.5) is 18.9 Å². The summed E-state index contributed by atoms with van der Waals surface area (Å²) < 4.78 is 62.6. The standard InChI is InChI=1S/C10H13F3N2O2S/c1-5(2)4-14-8-6(11)9(13)15-10(7(8)12)18(3,16)17/h5H,4H2,1-3H3,(H,14,15). The van der Waals surface area contributed by atoms with Crippen molar-refractivity contribution in [3.63, 3.8) is 0 Å². The number of halogens is 3. The smallest absolute Gasteiger partial charge is 0.252 e. The molecule has 0 atom stereocenters. The molecule has 0 saturated carbocycles. The summed E-state index contributed by atoms with van der Waals surface area (Å²) in [6.45, 7) is 3.72. The number of anilines is 1. The Kier molecular flexibility index (Phi) is 4.20. The van der Waals surface area contributed by atoms with Crippen molar-refractivity contribution in [2.45, 2.75) is 18.9 Å². The Labute approximate surface area is 103 Å². The van der Waals surface area contributed by atoms with Gasteiger partial charge in [0.15, 0.2) is 20.7 Å². The maximum atomic E-state index is 13.7. The molecule has 1 aromatic rings. The van der Waals surface area contributed by atoms with Gasteiger partial charge in [-0.25, -0.2) is 17.8 Å². The van der Waals surface area contributed by atoms with Crippen LogP contribution in [0.5, 0.6) is 0 Å². The second kappa shape index (κ2) is 5.13. The van der Waals surface area contributed by atoms with Crippen molar-refractivity contribution in [3.05, 3.63) is 17.6 Å². The number of nitrogens with zero attached hydrogens (tertiary/aromatic N) is 1. The Morgan fingerprint density at radius 2 is 1.78 bits per heavy atom. The van der Waals surface area contributed by atoms with Gasteiger partial charge in [0.25, 0.3) is 5.95 Å². The van der Waals surface area contributed by atoms with E-state index in [1.165, 1.54) is 0 Å². The molecule has 0 aliphatic heterocycles. The van der Waals surface area contributed by atoms with Crippen LogP contribution in [-0.2, 0) is 9.84 Å². The molecule has 8 heteroatoms. The zero-order chi connectivity index (χ0) is 14.1. The Balaban J connectivity index is 3.37. The summed E-state index contributed by atoms with van der Waals surface area (Å²) in [5, 5.41) is 1.24. The average Bonchev–Trinajstić information content (AvgIpc) is 2.21. The van der Waals surface area contributed by atoms with Gasteiger partial charge in [0.2, 0.25) is 5.82 Å².